The first kappa shape index (κ1) is 22.8. The maximum absolute atomic E-state index is 13.1. The highest BCUT2D eigenvalue weighted by molar-refractivity contribution is 7.89. The fraction of sp³-hybridized carbons (Fsp3) is 0.391. The lowest BCUT2D eigenvalue weighted by molar-refractivity contribution is -0.122. The first-order valence-electron chi connectivity index (χ1n) is 10.7. The minimum Gasteiger partial charge on any atom is -0.324 e. The lowest BCUT2D eigenvalue weighted by atomic mass is 10.1. The second-order valence-electron chi connectivity index (χ2n) is 8.31. The number of benzene rings is 2. The topological polar surface area (TPSA) is 86.8 Å². The van der Waals surface area contributed by atoms with Crippen LogP contribution < -0.4 is 10.2 Å². The lowest BCUT2D eigenvalue weighted by Crippen LogP contribution is -2.44. The number of carbonyl (C=O) groups is 2. The molecule has 2 aromatic carbocycles. The number of piperidine rings is 1. The van der Waals surface area contributed by atoms with Crippen molar-refractivity contribution in [2.75, 3.05) is 23.3 Å². The van der Waals surface area contributed by atoms with Crippen molar-refractivity contribution in [3.05, 3.63) is 52.5 Å². The third-order valence-electron chi connectivity index (χ3n) is 6.08. The second-order valence-corrected chi connectivity index (χ2v) is 10.7. The minimum absolute atomic E-state index is 0.205. The van der Waals surface area contributed by atoms with Crippen LogP contribution in [0.5, 0.6) is 0 Å². The van der Waals surface area contributed by atoms with E-state index in [0.717, 1.165) is 24.8 Å². The van der Waals surface area contributed by atoms with Crippen molar-refractivity contribution >= 4 is 44.8 Å². The van der Waals surface area contributed by atoms with Crippen molar-refractivity contribution in [1.29, 1.82) is 0 Å². The van der Waals surface area contributed by atoms with Gasteiger partial charge < -0.3 is 5.32 Å². The number of hydrogen-bond donors (Lipinski definition) is 1. The van der Waals surface area contributed by atoms with Crippen molar-refractivity contribution in [2.45, 2.75) is 50.5 Å². The van der Waals surface area contributed by atoms with Crippen LogP contribution in [-0.4, -0.2) is 43.7 Å². The quantitative estimate of drug-likeness (QED) is 0.729. The van der Waals surface area contributed by atoms with Crippen LogP contribution in [0.15, 0.2) is 41.3 Å². The normalized spacial score (nSPS) is 19.0. The molecule has 32 heavy (non-hydrogen) atoms. The summed E-state index contributed by atoms with van der Waals surface area (Å²) in [6, 6.07) is 9.17. The van der Waals surface area contributed by atoms with Gasteiger partial charge >= 0.3 is 0 Å². The Morgan fingerprint density at radius 3 is 2.44 bits per heavy atom. The van der Waals surface area contributed by atoms with E-state index in [1.165, 1.54) is 22.2 Å². The largest absolute Gasteiger partial charge is 0.324 e. The van der Waals surface area contributed by atoms with E-state index in [1.807, 2.05) is 6.92 Å². The van der Waals surface area contributed by atoms with Gasteiger partial charge in [0.05, 0.1) is 4.90 Å². The van der Waals surface area contributed by atoms with Crippen LogP contribution in [0.4, 0.5) is 11.4 Å². The molecule has 0 bridgehead atoms. The Hall–Kier alpha value is -2.42. The van der Waals surface area contributed by atoms with Gasteiger partial charge in [0.2, 0.25) is 21.8 Å². The molecule has 170 valence electrons. The maximum Gasteiger partial charge on any atom is 0.247 e. The summed E-state index contributed by atoms with van der Waals surface area (Å²) in [7, 11) is -3.60. The molecule has 1 N–H and O–H groups in total. The molecule has 1 atom stereocenters. The number of carbonyl (C=O) groups excluding carboxylic acids is 2. The Morgan fingerprint density at radius 2 is 1.78 bits per heavy atom. The molecule has 0 saturated carbocycles. The molecule has 1 saturated heterocycles. The third kappa shape index (κ3) is 4.27. The van der Waals surface area contributed by atoms with E-state index in [4.69, 9.17) is 11.6 Å². The standard InChI is InChI=1S/C23H26ClN3O4S/c1-15-12-18(24)6-8-20(15)25-23(29)22-14-17-13-19(7-9-21(17)27(22)16(2)28)32(30,31)26-10-4-3-5-11-26/h6-9,12-13,22H,3-5,10-11,14H2,1-2H3,(H,25,29). The summed E-state index contributed by atoms with van der Waals surface area (Å²) in [4.78, 5) is 27.2. The van der Waals surface area contributed by atoms with Crippen LogP contribution in [0, 0.1) is 6.92 Å². The summed E-state index contributed by atoms with van der Waals surface area (Å²) in [5.74, 6) is -0.606. The van der Waals surface area contributed by atoms with Crippen LogP contribution in [0.25, 0.3) is 0 Å². The number of sulfonamides is 1. The van der Waals surface area contributed by atoms with Crippen LogP contribution in [0.2, 0.25) is 5.02 Å². The van der Waals surface area contributed by atoms with Crippen LogP contribution in [0.1, 0.15) is 37.3 Å². The average molecular weight is 476 g/mol. The molecule has 0 aliphatic carbocycles. The molecule has 4 rings (SSSR count). The van der Waals surface area contributed by atoms with E-state index < -0.39 is 16.1 Å². The number of rotatable bonds is 4. The smallest absolute Gasteiger partial charge is 0.247 e. The molecule has 2 aliphatic heterocycles. The predicted molar refractivity (Wildman–Crippen MR) is 125 cm³/mol. The molecule has 0 aromatic heterocycles. The molecule has 2 aromatic rings. The number of fused-ring (bicyclic) bond motifs is 1. The number of hydrogen-bond acceptors (Lipinski definition) is 4. The van der Waals surface area contributed by atoms with E-state index in [9.17, 15) is 18.0 Å². The van der Waals surface area contributed by atoms with Gasteiger partial charge in [0, 0.05) is 42.8 Å². The molecule has 0 radical (unpaired) electrons. The van der Waals surface area contributed by atoms with Gasteiger partial charge in [0.15, 0.2) is 0 Å². The van der Waals surface area contributed by atoms with E-state index in [2.05, 4.69) is 5.32 Å². The van der Waals surface area contributed by atoms with Crippen molar-refractivity contribution in [1.82, 2.24) is 4.31 Å². The predicted octanol–water partition coefficient (Wildman–Crippen LogP) is 3.74. The molecule has 1 fully saturated rings. The summed E-state index contributed by atoms with van der Waals surface area (Å²) < 4.78 is 27.7. The lowest BCUT2D eigenvalue weighted by Gasteiger charge is -2.26. The number of nitrogens with one attached hydrogen (secondary N) is 1. The Bertz CT molecular complexity index is 1180. The van der Waals surface area contributed by atoms with Crippen LogP contribution in [-0.2, 0) is 26.0 Å². The number of anilines is 2. The zero-order chi connectivity index (χ0) is 23.0. The Kier molecular flexibility index (Phi) is 6.29. The molecular weight excluding hydrogens is 450 g/mol. The third-order valence-corrected chi connectivity index (χ3v) is 8.21. The summed E-state index contributed by atoms with van der Waals surface area (Å²) in [6.07, 6.45) is 2.99. The first-order chi connectivity index (χ1) is 15.2. The Balaban J connectivity index is 1.61. The highest BCUT2D eigenvalue weighted by Gasteiger charge is 2.38. The van der Waals surface area contributed by atoms with Crippen molar-refractivity contribution in [3.63, 3.8) is 0 Å². The number of halogens is 1. The molecule has 2 amide bonds. The number of nitrogens with zero attached hydrogens (tertiary/aromatic N) is 2. The summed E-state index contributed by atoms with van der Waals surface area (Å²) in [5.41, 5.74) is 2.67. The molecule has 7 nitrogen and oxygen atoms in total. The maximum atomic E-state index is 13.1. The summed E-state index contributed by atoms with van der Waals surface area (Å²) >= 11 is 6.00. The molecule has 2 aliphatic rings. The van der Waals surface area contributed by atoms with Crippen molar-refractivity contribution < 1.29 is 18.0 Å². The van der Waals surface area contributed by atoms with Crippen molar-refractivity contribution in [2.24, 2.45) is 0 Å². The van der Waals surface area contributed by atoms with E-state index in [0.29, 0.717) is 35.1 Å². The van der Waals surface area contributed by atoms with Crippen LogP contribution >= 0.6 is 11.6 Å². The van der Waals surface area contributed by atoms with Gasteiger partial charge in [0.25, 0.3) is 0 Å². The van der Waals surface area contributed by atoms with Gasteiger partial charge in [-0.25, -0.2) is 8.42 Å². The highest BCUT2D eigenvalue weighted by atomic mass is 35.5. The van der Waals surface area contributed by atoms with E-state index in [1.54, 1.807) is 30.3 Å². The monoisotopic (exact) mass is 475 g/mol. The van der Waals surface area contributed by atoms with Gasteiger partial charge in [-0.05, 0) is 67.3 Å². The zero-order valence-electron chi connectivity index (χ0n) is 18.1. The fourth-order valence-electron chi connectivity index (χ4n) is 4.43. The fourth-order valence-corrected chi connectivity index (χ4v) is 6.22. The molecule has 0 spiro atoms. The average Bonchev–Trinajstić information content (AvgIpc) is 3.15. The van der Waals surface area contributed by atoms with Gasteiger partial charge in [-0.1, -0.05) is 18.0 Å². The minimum atomic E-state index is -3.60. The van der Waals surface area contributed by atoms with Crippen LogP contribution in [0.3, 0.4) is 0 Å². The second kappa shape index (κ2) is 8.84. The highest BCUT2D eigenvalue weighted by Crippen LogP contribution is 2.36. The molecular formula is C23H26ClN3O4S. The van der Waals surface area contributed by atoms with E-state index in [-0.39, 0.29) is 23.1 Å². The summed E-state index contributed by atoms with van der Waals surface area (Å²) in [5, 5.41) is 3.45. The molecule has 9 heteroatoms. The number of amides is 2. The SMILES string of the molecule is CC(=O)N1c2ccc(S(=O)(=O)N3CCCCC3)cc2CC1C(=O)Nc1ccc(Cl)cc1C. The van der Waals surface area contributed by atoms with Gasteiger partial charge in [-0.3, -0.25) is 14.5 Å². The van der Waals surface area contributed by atoms with E-state index >= 15 is 0 Å². The zero-order valence-corrected chi connectivity index (χ0v) is 19.7. The van der Waals surface area contributed by atoms with Crippen molar-refractivity contribution in [3.8, 4) is 0 Å². The Morgan fingerprint density at radius 1 is 1.06 bits per heavy atom. The number of aryl methyl sites for hydroxylation is 1. The Labute approximate surface area is 193 Å². The summed E-state index contributed by atoms with van der Waals surface area (Å²) in [6.45, 7) is 4.28. The molecule has 2 heterocycles. The molecule has 1 unspecified atom stereocenters. The van der Waals surface area contributed by atoms with Gasteiger partial charge in [-0.2, -0.15) is 4.31 Å². The van der Waals surface area contributed by atoms with Gasteiger partial charge in [-0.15, -0.1) is 0 Å². The van der Waals surface area contributed by atoms with Gasteiger partial charge in [0.1, 0.15) is 6.04 Å². The first-order valence-corrected chi connectivity index (χ1v) is 12.5.